The number of likely N-dealkylation sites (N-methyl/N-ethyl adjacent to an activating group) is 1. The number of rotatable bonds is 7. The molecular weight excluding hydrogens is 236 g/mol. The van der Waals surface area contributed by atoms with Gasteiger partial charge in [-0.1, -0.05) is 36.9 Å². The lowest BCUT2D eigenvalue weighted by molar-refractivity contribution is -0.911. The van der Waals surface area contributed by atoms with E-state index in [1.807, 2.05) is 30.3 Å². The second-order valence-electron chi connectivity index (χ2n) is 5.60. The van der Waals surface area contributed by atoms with Gasteiger partial charge in [-0.05, 0) is 19.0 Å². The molecule has 0 saturated heterocycles. The van der Waals surface area contributed by atoms with E-state index in [4.69, 9.17) is 5.73 Å². The quantitative estimate of drug-likeness (QED) is 0.604. The Kier molecular flexibility index (Phi) is 5.45. The smallest absolute Gasteiger partial charge is 0.219 e. The molecule has 3 heteroatoms. The number of quaternary nitrogens is 1. The van der Waals surface area contributed by atoms with Crippen molar-refractivity contribution in [1.29, 1.82) is 0 Å². The highest BCUT2D eigenvalue weighted by molar-refractivity contribution is 5.98. The first-order valence-electron chi connectivity index (χ1n) is 6.67. The summed E-state index contributed by atoms with van der Waals surface area (Å²) < 4.78 is 0.604. The van der Waals surface area contributed by atoms with Crippen molar-refractivity contribution >= 4 is 5.78 Å². The Labute approximate surface area is 116 Å². The third-order valence-corrected chi connectivity index (χ3v) is 3.42. The third-order valence-electron chi connectivity index (χ3n) is 3.42. The second kappa shape index (κ2) is 6.64. The molecule has 0 spiro atoms. The first-order valence-corrected chi connectivity index (χ1v) is 6.67. The Hall–Kier alpha value is -1.45. The van der Waals surface area contributed by atoms with Crippen molar-refractivity contribution in [1.82, 2.24) is 0 Å². The predicted molar refractivity (Wildman–Crippen MR) is 79.7 cm³/mol. The van der Waals surface area contributed by atoms with Crippen molar-refractivity contribution < 1.29 is 9.28 Å². The van der Waals surface area contributed by atoms with E-state index in [0.29, 0.717) is 16.6 Å². The molecule has 19 heavy (non-hydrogen) atoms. The van der Waals surface area contributed by atoms with Crippen molar-refractivity contribution in [2.75, 3.05) is 27.2 Å². The molecule has 1 rings (SSSR count). The summed E-state index contributed by atoms with van der Waals surface area (Å²) in [5, 5.41) is 0. The minimum Gasteiger partial charge on any atom is -0.330 e. The fourth-order valence-corrected chi connectivity index (χ4v) is 2.37. The van der Waals surface area contributed by atoms with Crippen molar-refractivity contribution in [3.05, 3.63) is 48.0 Å². The number of Topliss-reactive ketones (excluding diaryl/α,β-unsaturated/α-hetero) is 1. The van der Waals surface area contributed by atoms with Gasteiger partial charge in [0.1, 0.15) is 0 Å². The van der Waals surface area contributed by atoms with Crippen molar-refractivity contribution in [3.63, 3.8) is 0 Å². The van der Waals surface area contributed by atoms with Gasteiger partial charge in [0.2, 0.25) is 5.78 Å². The summed E-state index contributed by atoms with van der Waals surface area (Å²) in [7, 11) is 4.16. The SMILES string of the molecule is C=C(C)C(=O)C(c1ccccc1)[N+](C)(C)CCCN. The van der Waals surface area contributed by atoms with Crippen LogP contribution in [0.25, 0.3) is 0 Å². The minimum absolute atomic E-state index is 0.105. The average molecular weight is 261 g/mol. The Morgan fingerprint density at radius 3 is 2.37 bits per heavy atom. The summed E-state index contributed by atoms with van der Waals surface area (Å²) in [6.07, 6.45) is 0.903. The summed E-state index contributed by atoms with van der Waals surface area (Å²) in [6, 6.07) is 9.71. The Morgan fingerprint density at radius 2 is 1.89 bits per heavy atom. The van der Waals surface area contributed by atoms with E-state index in [0.717, 1.165) is 18.5 Å². The highest BCUT2D eigenvalue weighted by Gasteiger charge is 2.35. The van der Waals surface area contributed by atoms with Crippen molar-refractivity contribution in [2.24, 2.45) is 5.73 Å². The van der Waals surface area contributed by atoms with E-state index in [9.17, 15) is 4.79 Å². The Morgan fingerprint density at radius 1 is 1.32 bits per heavy atom. The molecule has 0 amide bonds. The fourth-order valence-electron chi connectivity index (χ4n) is 2.37. The molecule has 0 aromatic heterocycles. The van der Waals surface area contributed by atoms with Crippen LogP contribution in [0.3, 0.4) is 0 Å². The van der Waals surface area contributed by atoms with Crippen LogP contribution in [0, 0.1) is 0 Å². The van der Waals surface area contributed by atoms with Gasteiger partial charge in [0.15, 0.2) is 6.04 Å². The molecule has 104 valence electrons. The Balaban J connectivity index is 3.13. The van der Waals surface area contributed by atoms with Gasteiger partial charge in [0.25, 0.3) is 0 Å². The predicted octanol–water partition coefficient (Wildman–Crippen LogP) is 2.30. The lowest BCUT2D eigenvalue weighted by Crippen LogP contribution is -2.48. The van der Waals surface area contributed by atoms with Gasteiger partial charge in [-0.25, -0.2) is 0 Å². The van der Waals surface area contributed by atoms with Crippen LogP contribution in [-0.2, 0) is 4.79 Å². The summed E-state index contributed by atoms with van der Waals surface area (Å²) in [5.41, 5.74) is 7.24. The number of nitrogens with two attached hydrogens (primary N) is 1. The van der Waals surface area contributed by atoms with E-state index in [-0.39, 0.29) is 11.8 Å². The molecule has 3 nitrogen and oxygen atoms in total. The molecule has 0 bridgehead atoms. The molecule has 0 aliphatic rings. The fraction of sp³-hybridized carbons (Fsp3) is 0.438. The van der Waals surface area contributed by atoms with Gasteiger partial charge < -0.3 is 10.2 Å². The van der Waals surface area contributed by atoms with Gasteiger partial charge in [-0.15, -0.1) is 0 Å². The maximum absolute atomic E-state index is 12.5. The molecule has 1 aromatic carbocycles. The number of carbonyl (C=O) groups is 1. The van der Waals surface area contributed by atoms with Crippen LogP contribution in [0.5, 0.6) is 0 Å². The number of hydrogen-bond donors (Lipinski definition) is 1. The van der Waals surface area contributed by atoms with E-state index < -0.39 is 0 Å². The summed E-state index contributed by atoms with van der Waals surface area (Å²) >= 11 is 0. The van der Waals surface area contributed by atoms with Gasteiger partial charge in [-0.2, -0.15) is 0 Å². The second-order valence-corrected chi connectivity index (χ2v) is 5.60. The maximum atomic E-state index is 12.5. The van der Waals surface area contributed by atoms with Crippen molar-refractivity contribution in [2.45, 2.75) is 19.4 Å². The van der Waals surface area contributed by atoms with Crippen LogP contribution >= 0.6 is 0 Å². The lowest BCUT2D eigenvalue weighted by atomic mass is 9.95. The zero-order valence-electron chi connectivity index (χ0n) is 12.2. The average Bonchev–Trinajstić information content (AvgIpc) is 2.37. The Bertz CT molecular complexity index is 437. The van der Waals surface area contributed by atoms with Crippen molar-refractivity contribution in [3.8, 4) is 0 Å². The number of carbonyl (C=O) groups excluding carboxylic acids is 1. The highest BCUT2D eigenvalue weighted by atomic mass is 16.1. The zero-order chi connectivity index (χ0) is 14.5. The van der Waals surface area contributed by atoms with Crippen LogP contribution in [0.15, 0.2) is 42.5 Å². The molecule has 0 fully saturated rings. The molecule has 1 atom stereocenters. The zero-order valence-corrected chi connectivity index (χ0v) is 12.2. The number of benzene rings is 1. The van der Waals surface area contributed by atoms with Gasteiger partial charge in [-0.3, -0.25) is 4.79 Å². The summed E-state index contributed by atoms with van der Waals surface area (Å²) in [4.78, 5) is 12.5. The molecule has 1 aromatic rings. The van der Waals surface area contributed by atoms with Crippen LogP contribution in [0.4, 0.5) is 0 Å². The number of nitrogens with zero attached hydrogens (tertiary/aromatic N) is 1. The monoisotopic (exact) mass is 261 g/mol. The lowest BCUT2D eigenvalue weighted by Gasteiger charge is -2.37. The first-order chi connectivity index (χ1) is 8.90. The molecular formula is C16H25N2O+. The van der Waals surface area contributed by atoms with Crippen LogP contribution in [0.1, 0.15) is 24.9 Å². The maximum Gasteiger partial charge on any atom is 0.219 e. The third kappa shape index (κ3) is 4.01. The minimum atomic E-state index is -0.203. The molecule has 0 heterocycles. The van der Waals surface area contributed by atoms with Gasteiger partial charge >= 0.3 is 0 Å². The topological polar surface area (TPSA) is 43.1 Å². The summed E-state index contributed by atoms with van der Waals surface area (Å²) in [6.45, 7) is 7.10. The van der Waals surface area contributed by atoms with E-state index in [1.54, 1.807) is 6.92 Å². The largest absolute Gasteiger partial charge is 0.330 e. The van der Waals surface area contributed by atoms with Crippen LogP contribution in [0.2, 0.25) is 0 Å². The van der Waals surface area contributed by atoms with E-state index in [1.165, 1.54) is 0 Å². The van der Waals surface area contributed by atoms with E-state index in [2.05, 4.69) is 20.7 Å². The van der Waals surface area contributed by atoms with Gasteiger partial charge in [0, 0.05) is 12.0 Å². The standard InChI is InChI=1S/C16H25N2O/c1-13(2)16(19)15(14-9-6-5-7-10-14)18(3,4)12-8-11-17/h5-7,9-10,15H,1,8,11-12,17H2,2-4H3/q+1. The number of hydrogen-bond acceptors (Lipinski definition) is 2. The van der Waals surface area contributed by atoms with Crippen LogP contribution < -0.4 is 5.73 Å². The first kappa shape index (κ1) is 15.6. The highest BCUT2D eigenvalue weighted by Crippen LogP contribution is 2.28. The molecule has 1 unspecified atom stereocenters. The molecule has 0 aliphatic heterocycles. The normalized spacial score (nSPS) is 13.1. The molecule has 0 radical (unpaired) electrons. The van der Waals surface area contributed by atoms with Crippen LogP contribution in [-0.4, -0.2) is 37.5 Å². The molecule has 2 N–H and O–H groups in total. The number of ketones is 1. The van der Waals surface area contributed by atoms with Gasteiger partial charge in [0.05, 0.1) is 20.6 Å². The van der Waals surface area contributed by atoms with E-state index >= 15 is 0 Å². The summed E-state index contributed by atoms with van der Waals surface area (Å²) in [5.74, 6) is 0.105. The molecule has 0 aliphatic carbocycles. The molecule has 0 saturated carbocycles.